The van der Waals surface area contributed by atoms with Gasteiger partial charge in [-0.25, -0.2) is 4.39 Å². The van der Waals surface area contributed by atoms with Crippen LogP contribution in [0.4, 0.5) is 4.39 Å². The molecule has 0 saturated heterocycles. The Morgan fingerprint density at radius 2 is 1.82 bits per heavy atom. The molecule has 136 valence electrons. The molecule has 1 heterocycles. The second-order valence-electron chi connectivity index (χ2n) is 6.17. The first kappa shape index (κ1) is 17.4. The lowest BCUT2D eigenvalue weighted by molar-refractivity contribution is 0.0945. The topological polar surface area (TPSA) is 78.9 Å². The third-order valence-electron chi connectivity index (χ3n) is 4.40. The third kappa shape index (κ3) is 3.21. The highest BCUT2D eigenvalue weighted by Crippen LogP contribution is 2.29. The number of nitrogens with one attached hydrogen (secondary N) is 1. The van der Waals surface area contributed by atoms with E-state index in [1.807, 2.05) is 36.4 Å². The van der Waals surface area contributed by atoms with Crippen molar-refractivity contribution in [2.24, 2.45) is 0 Å². The normalized spacial score (nSPS) is 11.7. The largest absolute Gasteiger partial charge is 0.355 e. The Morgan fingerprint density at radius 1 is 1.07 bits per heavy atom. The van der Waals surface area contributed by atoms with Gasteiger partial charge in [0.2, 0.25) is 0 Å². The molecule has 5 nitrogen and oxygen atoms in total. The molecule has 3 aromatic carbocycles. The van der Waals surface area contributed by atoms with Gasteiger partial charge < -0.3 is 9.84 Å². The summed E-state index contributed by atoms with van der Waals surface area (Å²) in [4.78, 5) is 12.7. The molecule has 1 N–H and O–H groups in total. The van der Waals surface area contributed by atoms with Crippen molar-refractivity contribution in [3.63, 3.8) is 0 Å². The zero-order chi connectivity index (χ0) is 19.5. The van der Waals surface area contributed by atoms with Gasteiger partial charge in [0.1, 0.15) is 17.4 Å². The number of rotatable bonds is 4. The Labute approximate surface area is 160 Å². The number of halogens is 1. The van der Waals surface area contributed by atoms with E-state index in [9.17, 15) is 14.4 Å². The van der Waals surface area contributed by atoms with Gasteiger partial charge >= 0.3 is 0 Å². The Morgan fingerprint density at radius 3 is 2.57 bits per heavy atom. The van der Waals surface area contributed by atoms with Crippen LogP contribution in [0.2, 0.25) is 0 Å². The summed E-state index contributed by atoms with van der Waals surface area (Å²) >= 11 is 0. The highest BCUT2D eigenvalue weighted by Gasteiger charge is 2.19. The number of hydrogen-bond acceptors (Lipinski definition) is 4. The number of benzene rings is 3. The van der Waals surface area contributed by atoms with E-state index in [2.05, 4.69) is 10.5 Å². The highest BCUT2D eigenvalue weighted by molar-refractivity contribution is 6.01. The van der Waals surface area contributed by atoms with Crippen molar-refractivity contribution >= 4 is 16.8 Å². The molecule has 0 fully saturated rings. The van der Waals surface area contributed by atoms with Crippen LogP contribution in [-0.2, 0) is 0 Å². The van der Waals surface area contributed by atoms with Gasteiger partial charge in [0.25, 0.3) is 5.91 Å². The van der Waals surface area contributed by atoms with Crippen LogP contribution in [0.1, 0.15) is 22.0 Å². The standard InChI is InChI=1S/C22H14FN3O2/c23-18-9-5-4-8-16(18)20(13-24)25-22(27)15-10-11-19-17(12-15)21(28-26-19)14-6-2-1-3-7-14/h1-12,20H,(H,25,27). The fourth-order valence-electron chi connectivity index (χ4n) is 2.98. The van der Waals surface area contributed by atoms with E-state index in [-0.39, 0.29) is 5.56 Å². The average molecular weight is 371 g/mol. The number of carbonyl (C=O) groups excluding carboxylic acids is 1. The zero-order valence-corrected chi connectivity index (χ0v) is 14.6. The minimum Gasteiger partial charge on any atom is -0.355 e. The van der Waals surface area contributed by atoms with Crippen LogP contribution < -0.4 is 5.32 Å². The molecule has 0 aliphatic heterocycles. The van der Waals surface area contributed by atoms with E-state index in [4.69, 9.17) is 4.52 Å². The maximum Gasteiger partial charge on any atom is 0.252 e. The van der Waals surface area contributed by atoms with Crippen molar-refractivity contribution in [3.8, 4) is 17.4 Å². The van der Waals surface area contributed by atoms with Crippen molar-refractivity contribution in [2.75, 3.05) is 0 Å². The predicted octanol–water partition coefficient (Wildman–Crippen LogP) is 4.63. The summed E-state index contributed by atoms with van der Waals surface area (Å²) in [5, 5.41) is 16.6. The van der Waals surface area contributed by atoms with Crippen LogP contribution in [0, 0.1) is 17.1 Å². The van der Waals surface area contributed by atoms with E-state index >= 15 is 0 Å². The van der Waals surface area contributed by atoms with Crippen molar-refractivity contribution in [1.82, 2.24) is 10.5 Å². The number of fused-ring (bicyclic) bond motifs is 1. The Bertz CT molecular complexity index is 1200. The van der Waals surface area contributed by atoms with Gasteiger partial charge in [0, 0.05) is 16.7 Å². The van der Waals surface area contributed by atoms with Gasteiger partial charge in [-0.2, -0.15) is 5.26 Å². The molecule has 1 atom stereocenters. The molecule has 1 unspecified atom stereocenters. The van der Waals surface area contributed by atoms with Gasteiger partial charge in [-0.3, -0.25) is 4.79 Å². The van der Waals surface area contributed by atoms with Gasteiger partial charge in [-0.15, -0.1) is 0 Å². The zero-order valence-electron chi connectivity index (χ0n) is 14.6. The highest BCUT2D eigenvalue weighted by atomic mass is 19.1. The first-order valence-corrected chi connectivity index (χ1v) is 8.57. The maximum atomic E-state index is 14.0. The number of hydrogen-bond donors (Lipinski definition) is 1. The van der Waals surface area contributed by atoms with Crippen LogP contribution in [0.25, 0.3) is 22.2 Å². The third-order valence-corrected chi connectivity index (χ3v) is 4.40. The van der Waals surface area contributed by atoms with Crippen LogP contribution in [0.15, 0.2) is 77.3 Å². The van der Waals surface area contributed by atoms with E-state index in [0.717, 1.165) is 5.56 Å². The molecule has 0 spiro atoms. The molecule has 4 aromatic rings. The summed E-state index contributed by atoms with van der Waals surface area (Å²) in [6.45, 7) is 0. The van der Waals surface area contributed by atoms with Crippen LogP contribution in [-0.4, -0.2) is 11.1 Å². The summed E-state index contributed by atoms with van der Waals surface area (Å²) in [6, 6.07) is 21.0. The van der Waals surface area contributed by atoms with E-state index in [0.29, 0.717) is 22.2 Å². The van der Waals surface area contributed by atoms with Crippen molar-refractivity contribution in [2.45, 2.75) is 6.04 Å². The first-order valence-electron chi connectivity index (χ1n) is 8.57. The molecular weight excluding hydrogens is 357 g/mol. The summed E-state index contributed by atoms with van der Waals surface area (Å²) in [6.07, 6.45) is 0. The van der Waals surface area contributed by atoms with Gasteiger partial charge in [0.15, 0.2) is 5.76 Å². The van der Waals surface area contributed by atoms with Gasteiger partial charge in [0.05, 0.1) is 11.5 Å². The number of carbonyl (C=O) groups is 1. The molecule has 0 bridgehead atoms. The number of aromatic nitrogens is 1. The molecule has 0 aliphatic rings. The van der Waals surface area contributed by atoms with Gasteiger partial charge in [-0.1, -0.05) is 53.7 Å². The quantitative estimate of drug-likeness (QED) is 0.567. The monoisotopic (exact) mass is 371 g/mol. The van der Waals surface area contributed by atoms with Crippen molar-refractivity contribution in [1.29, 1.82) is 5.26 Å². The number of amides is 1. The second-order valence-corrected chi connectivity index (χ2v) is 6.17. The smallest absolute Gasteiger partial charge is 0.252 e. The Kier molecular flexibility index (Phi) is 4.56. The molecule has 0 saturated carbocycles. The van der Waals surface area contributed by atoms with Crippen LogP contribution in [0.5, 0.6) is 0 Å². The molecule has 6 heteroatoms. The fraction of sp³-hybridized carbons (Fsp3) is 0.0455. The minimum absolute atomic E-state index is 0.120. The molecular formula is C22H14FN3O2. The Balaban J connectivity index is 1.66. The van der Waals surface area contributed by atoms with Crippen LogP contribution >= 0.6 is 0 Å². The molecule has 4 rings (SSSR count). The molecule has 0 aliphatic carbocycles. The van der Waals surface area contributed by atoms with E-state index in [1.165, 1.54) is 18.2 Å². The molecule has 1 amide bonds. The maximum absolute atomic E-state index is 14.0. The number of nitriles is 1. The lowest BCUT2D eigenvalue weighted by Crippen LogP contribution is -2.28. The van der Waals surface area contributed by atoms with Crippen LogP contribution in [0.3, 0.4) is 0 Å². The predicted molar refractivity (Wildman–Crippen MR) is 102 cm³/mol. The second kappa shape index (κ2) is 7.33. The van der Waals surface area contributed by atoms with Gasteiger partial charge in [-0.05, 0) is 24.3 Å². The fourth-order valence-corrected chi connectivity index (χ4v) is 2.98. The summed E-state index contributed by atoms with van der Waals surface area (Å²) in [5.41, 5.74) is 1.89. The molecule has 0 radical (unpaired) electrons. The molecule has 28 heavy (non-hydrogen) atoms. The van der Waals surface area contributed by atoms with Crippen molar-refractivity contribution in [3.05, 3.63) is 89.7 Å². The summed E-state index contributed by atoms with van der Waals surface area (Å²) < 4.78 is 19.4. The first-order chi connectivity index (χ1) is 13.7. The van der Waals surface area contributed by atoms with Crippen molar-refractivity contribution < 1.29 is 13.7 Å². The SMILES string of the molecule is N#CC(NC(=O)c1ccc2noc(-c3ccccc3)c2c1)c1ccccc1F. The number of nitrogens with zero attached hydrogens (tertiary/aromatic N) is 2. The summed E-state index contributed by atoms with van der Waals surface area (Å²) in [7, 11) is 0. The molecule has 1 aromatic heterocycles. The average Bonchev–Trinajstić information content (AvgIpc) is 3.16. The lowest BCUT2D eigenvalue weighted by Gasteiger charge is -2.12. The summed E-state index contributed by atoms with van der Waals surface area (Å²) in [5.74, 6) is -0.483. The minimum atomic E-state index is -1.10. The van der Waals surface area contributed by atoms with E-state index in [1.54, 1.807) is 24.3 Å². The van der Waals surface area contributed by atoms with E-state index < -0.39 is 17.8 Å². The lowest BCUT2D eigenvalue weighted by atomic mass is 10.0. The Hall–Kier alpha value is -3.98.